The van der Waals surface area contributed by atoms with Crippen molar-refractivity contribution in [3.63, 3.8) is 0 Å². The van der Waals surface area contributed by atoms with Gasteiger partial charge in [-0.15, -0.1) is 0 Å². The molecule has 104 valence electrons. The molecule has 0 saturated heterocycles. The van der Waals surface area contributed by atoms with Crippen molar-refractivity contribution < 1.29 is 17.9 Å². The van der Waals surface area contributed by atoms with Crippen molar-refractivity contribution in [2.24, 2.45) is 0 Å². The summed E-state index contributed by atoms with van der Waals surface area (Å²) < 4.78 is 42.1. The van der Waals surface area contributed by atoms with Gasteiger partial charge in [-0.05, 0) is 30.7 Å². The Morgan fingerprint density at radius 3 is 2.74 bits per heavy atom. The van der Waals surface area contributed by atoms with Gasteiger partial charge >= 0.3 is 6.18 Å². The average Bonchev–Trinajstić information content (AvgIpc) is 2.69. The molecule has 0 atom stereocenters. The van der Waals surface area contributed by atoms with E-state index >= 15 is 0 Å². The fourth-order valence-electron chi connectivity index (χ4n) is 1.89. The maximum Gasteiger partial charge on any atom is 0.411 e. The number of halogens is 4. The Bertz CT molecular complexity index is 550. The molecule has 0 amide bonds. The largest absolute Gasteiger partial charge is 0.411 e. The summed E-state index contributed by atoms with van der Waals surface area (Å²) in [6.07, 6.45) is -1.83. The van der Waals surface area contributed by atoms with E-state index in [4.69, 9.17) is 11.6 Å². The van der Waals surface area contributed by atoms with Gasteiger partial charge in [-0.2, -0.15) is 13.2 Å². The number of rotatable bonds is 5. The van der Waals surface area contributed by atoms with Crippen molar-refractivity contribution in [3.8, 4) is 0 Å². The lowest BCUT2D eigenvalue weighted by Crippen LogP contribution is -2.17. The summed E-state index contributed by atoms with van der Waals surface area (Å²) in [5.41, 5.74) is 1.01. The van der Waals surface area contributed by atoms with Gasteiger partial charge in [0.2, 0.25) is 0 Å². The second-order valence-electron chi connectivity index (χ2n) is 4.23. The Morgan fingerprint density at radius 1 is 1.21 bits per heavy atom. The van der Waals surface area contributed by atoms with E-state index in [1.54, 1.807) is 6.07 Å². The predicted octanol–water partition coefficient (Wildman–Crippen LogP) is 4.26. The lowest BCUT2D eigenvalue weighted by molar-refractivity contribution is -0.174. The van der Waals surface area contributed by atoms with E-state index in [1.165, 1.54) is 0 Å². The minimum atomic E-state index is -4.25. The van der Waals surface area contributed by atoms with Crippen molar-refractivity contribution in [2.75, 3.05) is 13.2 Å². The Hall–Kier alpha value is -1.20. The molecule has 0 bridgehead atoms. The number of benzene rings is 1. The molecule has 0 aliphatic heterocycles. The highest BCUT2D eigenvalue weighted by Crippen LogP contribution is 2.20. The molecule has 0 N–H and O–H groups in total. The lowest BCUT2D eigenvalue weighted by Gasteiger charge is -2.08. The molecule has 0 spiro atoms. The Balaban J connectivity index is 1.85. The third-order valence-corrected chi connectivity index (χ3v) is 2.92. The van der Waals surface area contributed by atoms with Crippen LogP contribution in [-0.2, 0) is 11.3 Å². The molecule has 0 aliphatic carbocycles. The van der Waals surface area contributed by atoms with E-state index in [0.717, 1.165) is 10.9 Å². The Labute approximate surface area is 113 Å². The summed E-state index contributed by atoms with van der Waals surface area (Å²) in [4.78, 5) is 0. The fourth-order valence-corrected chi connectivity index (χ4v) is 2.07. The van der Waals surface area contributed by atoms with E-state index in [1.807, 2.05) is 29.0 Å². The average molecular weight is 292 g/mol. The zero-order valence-electron chi connectivity index (χ0n) is 10.1. The van der Waals surface area contributed by atoms with Gasteiger partial charge in [0.25, 0.3) is 0 Å². The summed E-state index contributed by atoms with van der Waals surface area (Å²) in [5, 5.41) is 1.68. The third-order valence-electron chi connectivity index (χ3n) is 2.69. The molecule has 2 rings (SSSR count). The first-order chi connectivity index (χ1) is 8.96. The quantitative estimate of drug-likeness (QED) is 0.751. The Kier molecular flexibility index (Phi) is 4.37. The highest BCUT2D eigenvalue weighted by atomic mass is 35.5. The number of aromatic nitrogens is 1. The number of ether oxygens (including phenoxy) is 1. The highest BCUT2D eigenvalue weighted by molar-refractivity contribution is 6.31. The van der Waals surface area contributed by atoms with Crippen LogP contribution in [0.5, 0.6) is 0 Å². The molecular weight excluding hydrogens is 279 g/mol. The molecule has 0 saturated carbocycles. The highest BCUT2D eigenvalue weighted by Gasteiger charge is 2.27. The first-order valence-electron chi connectivity index (χ1n) is 5.84. The van der Waals surface area contributed by atoms with Crippen LogP contribution in [0.25, 0.3) is 10.9 Å². The zero-order valence-corrected chi connectivity index (χ0v) is 10.8. The van der Waals surface area contributed by atoms with Crippen molar-refractivity contribution >= 4 is 22.5 Å². The summed E-state index contributed by atoms with van der Waals surface area (Å²) in [6.45, 7) is -0.481. The Morgan fingerprint density at radius 2 is 2.00 bits per heavy atom. The van der Waals surface area contributed by atoms with Gasteiger partial charge in [0.1, 0.15) is 6.61 Å². The van der Waals surface area contributed by atoms with Crippen molar-refractivity contribution in [1.82, 2.24) is 4.57 Å². The molecule has 6 heteroatoms. The van der Waals surface area contributed by atoms with Crippen LogP contribution in [0.3, 0.4) is 0 Å². The molecule has 0 unspecified atom stereocenters. The minimum absolute atomic E-state index is 0.0901. The predicted molar refractivity (Wildman–Crippen MR) is 68.4 cm³/mol. The van der Waals surface area contributed by atoms with E-state index in [0.29, 0.717) is 18.0 Å². The van der Waals surface area contributed by atoms with Gasteiger partial charge in [0.05, 0.1) is 0 Å². The van der Waals surface area contributed by atoms with Gasteiger partial charge in [0.15, 0.2) is 0 Å². The van der Waals surface area contributed by atoms with Crippen LogP contribution in [0, 0.1) is 0 Å². The molecule has 0 fully saturated rings. The number of hydrogen-bond acceptors (Lipinski definition) is 1. The van der Waals surface area contributed by atoms with Crippen LogP contribution in [0.1, 0.15) is 6.42 Å². The number of fused-ring (bicyclic) bond motifs is 1. The second-order valence-corrected chi connectivity index (χ2v) is 4.67. The fraction of sp³-hybridized carbons (Fsp3) is 0.385. The van der Waals surface area contributed by atoms with Gasteiger partial charge < -0.3 is 9.30 Å². The molecule has 1 aromatic heterocycles. The summed E-state index contributed by atoms with van der Waals surface area (Å²) in [7, 11) is 0. The first kappa shape index (κ1) is 14.2. The molecule has 0 aliphatic rings. The van der Waals surface area contributed by atoms with Crippen LogP contribution in [0.15, 0.2) is 30.5 Å². The third kappa shape index (κ3) is 4.14. The minimum Gasteiger partial charge on any atom is -0.372 e. The molecule has 1 aromatic carbocycles. The topological polar surface area (TPSA) is 14.2 Å². The molecule has 2 aromatic rings. The van der Waals surface area contributed by atoms with Gasteiger partial charge in [-0.1, -0.05) is 11.6 Å². The van der Waals surface area contributed by atoms with Gasteiger partial charge in [0, 0.05) is 35.3 Å². The van der Waals surface area contributed by atoms with Crippen molar-refractivity contribution in [1.29, 1.82) is 0 Å². The normalized spacial score (nSPS) is 12.2. The van der Waals surface area contributed by atoms with Crippen LogP contribution >= 0.6 is 11.6 Å². The van der Waals surface area contributed by atoms with Crippen LogP contribution < -0.4 is 0 Å². The molecule has 19 heavy (non-hydrogen) atoms. The molecular formula is C13H13ClF3NO. The van der Waals surface area contributed by atoms with Crippen LogP contribution in [0.2, 0.25) is 5.02 Å². The monoisotopic (exact) mass is 291 g/mol. The standard InChI is InChI=1S/C13H13ClF3NO/c14-11-2-3-12-10(8-11)4-6-18(12)5-1-7-19-9-13(15,16)17/h2-4,6,8H,1,5,7,9H2. The maximum atomic E-state index is 11.9. The SMILES string of the molecule is FC(F)(F)COCCCn1ccc2cc(Cl)ccc21. The number of hydrogen-bond donors (Lipinski definition) is 0. The summed E-state index contributed by atoms with van der Waals surface area (Å²) >= 11 is 5.88. The molecule has 0 radical (unpaired) electrons. The first-order valence-corrected chi connectivity index (χ1v) is 6.22. The van der Waals surface area contributed by atoms with E-state index in [9.17, 15) is 13.2 Å². The molecule has 1 heterocycles. The second kappa shape index (κ2) is 5.84. The van der Waals surface area contributed by atoms with E-state index in [-0.39, 0.29) is 6.61 Å². The smallest absolute Gasteiger partial charge is 0.372 e. The summed E-state index contributed by atoms with van der Waals surface area (Å²) in [6, 6.07) is 7.47. The lowest BCUT2D eigenvalue weighted by atomic mass is 10.2. The zero-order chi connectivity index (χ0) is 13.9. The number of aryl methyl sites for hydroxylation is 1. The molecule has 2 nitrogen and oxygen atoms in total. The van der Waals surface area contributed by atoms with Gasteiger partial charge in [-0.3, -0.25) is 0 Å². The van der Waals surface area contributed by atoms with Crippen molar-refractivity contribution in [2.45, 2.75) is 19.1 Å². The van der Waals surface area contributed by atoms with E-state index in [2.05, 4.69) is 4.74 Å². The number of alkyl halides is 3. The van der Waals surface area contributed by atoms with Crippen molar-refractivity contribution in [3.05, 3.63) is 35.5 Å². The van der Waals surface area contributed by atoms with Crippen LogP contribution in [-0.4, -0.2) is 24.0 Å². The number of nitrogens with zero attached hydrogens (tertiary/aromatic N) is 1. The van der Waals surface area contributed by atoms with E-state index < -0.39 is 12.8 Å². The summed E-state index contributed by atoms with van der Waals surface area (Å²) in [5.74, 6) is 0. The van der Waals surface area contributed by atoms with Crippen LogP contribution in [0.4, 0.5) is 13.2 Å². The maximum absolute atomic E-state index is 11.9. The van der Waals surface area contributed by atoms with Gasteiger partial charge in [-0.25, -0.2) is 0 Å².